The first-order valence-electron chi connectivity index (χ1n) is 4.74. The zero-order valence-electron chi connectivity index (χ0n) is 8.46. The van der Waals surface area contributed by atoms with Gasteiger partial charge in [0.15, 0.2) is 0 Å². The monoisotopic (exact) mass is 178 g/mol. The van der Waals surface area contributed by atoms with Gasteiger partial charge in [0.25, 0.3) is 0 Å². The van der Waals surface area contributed by atoms with Crippen LogP contribution in [0.2, 0.25) is 0 Å². The summed E-state index contributed by atoms with van der Waals surface area (Å²) >= 11 is 0. The molecular formula is C11H18N2. The third-order valence-electron chi connectivity index (χ3n) is 1.91. The molecule has 0 radical (unpaired) electrons. The number of nitrogens with one attached hydrogen (secondary N) is 1. The summed E-state index contributed by atoms with van der Waals surface area (Å²) in [6.45, 7) is 1.04. The first-order chi connectivity index (χ1) is 6.29. The highest BCUT2D eigenvalue weighted by Gasteiger charge is 1.91. The maximum Gasteiger partial charge on any atom is 0.0105 e. The second-order valence-corrected chi connectivity index (χ2v) is 3.39. The number of rotatable bonds is 5. The van der Waals surface area contributed by atoms with Gasteiger partial charge in [-0.15, -0.1) is 0 Å². The van der Waals surface area contributed by atoms with E-state index < -0.39 is 0 Å². The Morgan fingerprint density at radius 3 is 2.46 bits per heavy atom. The Labute approximate surface area is 80.5 Å². The van der Waals surface area contributed by atoms with Crippen LogP contribution in [-0.2, 0) is 6.42 Å². The van der Waals surface area contributed by atoms with Crippen molar-refractivity contribution in [2.24, 2.45) is 0 Å². The molecule has 0 heterocycles. The molecule has 0 bridgehead atoms. The van der Waals surface area contributed by atoms with Crippen molar-refractivity contribution in [3.05, 3.63) is 35.9 Å². The maximum absolute atomic E-state index is 3.25. The lowest BCUT2D eigenvalue weighted by atomic mass is 10.1. The Morgan fingerprint density at radius 1 is 1.15 bits per heavy atom. The highest BCUT2D eigenvalue weighted by Crippen LogP contribution is 2.01. The van der Waals surface area contributed by atoms with E-state index in [4.69, 9.17) is 0 Å². The van der Waals surface area contributed by atoms with Crippen molar-refractivity contribution >= 4 is 0 Å². The highest BCUT2D eigenvalue weighted by atomic mass is 15.5. The van der Waals surface area contributed by atoms with Gasteiger partial charge in [0, 0.05) is 20.6 Å². The summed E-state index contributed by atoms with van der Waals surface area (Å²) in [4.78, 5) is 0. The molecule has 1 rings (SSSR count). The Morgan fingerprint density at radius 2 is 1.85 bits per heavy atom. The van der Waals surface area contributed by atoms with Crippen molar-refractivity contribution in [2.75, 3.05) is 20.6 Å². The van der Waals surface area contributed by atoms with E-state index in [1.54, 1.807) is 0 Å². The smallest absolute Gasteiger partial charge is 0.0105 e. The fraction of sp³-hybridized carbons (Fsp3) is 0.455. The van der Waals surface area contributed by atoms with Gasteiger partial charge in [0.2, 0.25) is 0 Å². The van der Waals surface area contributed by atoms with Crippen molar-refractivity contribution in [3.8, 4) is 0 Å². The minimum absolute atomic E-state index is 1.04. The molecule has 2 nitrogen and oxygen atoms in total. The lowest BCUT2D eigenvalue weighted by Gasteiger charge is -2.11. The normalized spacial score (nSPS) is 10.7. The van der Waals surface area contributed by atoms with E-state index >= 15 is 0 Å². The summed E-state index contributed by atoms with van der Waals surface area (Å²) in [5.41, 5.74) is 4.67. The van der Waals surface area contributed by atoms with Crippen LogP contribution in [0.15, 0.2) is 30.3 Å². The molecule has 1 aromatic carbocycles. The Hall–Kier alpha value is -0.860. The van der Waals surface area contributed by atoms with Crippen molar-refractivity contribution in [3.63, 3.8) is 0 Å². The molecule has 13 heavy (non-hydrogen) atoms. The zero-order valence-corrected chi connectivity index (χ0v) is 8.46. The second kappa shape index (κ2) is 5.73. The third kappa shape index (κ3) is 4.65. The van der Waals surface area contributed by atoms with Crippen LogP contribution in [0.1, 0.15) is 12.0 Å². The SMILES string of the molecule is CN(C)NCCCc1ccccc1. The fourth-order valence-corrected chi connectivity index (χ4v) is 1.24. The van der Waals surface area contributed by atoms with Crippen LogP contribution in [0.3, 0.4) is 0 Å². The van der Waals surface area contributed by atoms with Crippen LogP contribution in [-0.4, -0.2) is 25.6 Å². The van der Waals surface area contributed by atoms with Gasteiger partial charge >= 0.3 is 0 Å². The van der Waals surface area contributed by atoms with Gasteiger partial charge in [0.1, 0.15) is 0 Å². The Kier molecular flexibility index (Phi) is 4.50. The van der Waals surface area contributed by atoms with Crippen LogP contribution in [0.5, 0.6) is 0 Å². The number of hydrazine groups is 1. The molecule has 1 N–H and O–H groups in total. The standard InChI is InChI=1S/C11H18N2/c1-13(2)12-10-6-9-11-7-4-3-5-8-11/h3-5,7-8,12H,6,9-10H2,1-2H3. The number of aryl methyl sites for hydroxylation is 1. The summed E-state index contributed by atoms with van der Waals surface area (Å²) in [6.07, 6.45) is 2.34. The molecule has 0 saturated carbocycles. The predicted molar refractivity (Wildman–Crippen MR) is 56.5 cm³/mol. The Balaban J connectivity index is 2.13. The molecule has 0 aliphatic carbocycles. The molecule has 2 heteroatoms. The molecule has 0 atom stereocenters. The molecule has 0 saturated heterocycles. The van der Waals surface area contributed by atoms with Gasteiger partial charge in [-0.3, -0.25) is 10.4 Å². The van der Waals surface area contributed by atoms with E-state index in [0.29, 0.717) is 0 Å². The fourth-order valence-electron chi connectivity index (χ4n) is 1.24. The van der Waals surface area contributed by atoms with Gasteiger partial charge in [-0.2, -0.15) is 0 Å². The van der Waals surface area contributed by atoms with Crippen molar-refractivity contribution in [2.45, 2.75) is 12.8 Å². The summed E-state index contributed by atoms with van der Waals surface area (Å²) in [5, 5.41) is 1.99. The number of hydrogen-bond acceptors (Lipinski definition) is 2. The van der Waals surface area contributed by atoms with Gasteiger partial charge < -0.3 is 0 Å². The predicted octanol–water partition coefficient (Wildman–Crippen LogP) is 1.69. The lowest BCUT2D eigenvalue weighted by molar-refractivity contribution is 0.288. The van der Waals surface area contributed by atoms with E-state index in [1.807, 2.05) is 19.1 Å². The van der Waals surface area contributed by atoms with Crippen LogP contribution < -0.4 is 5.43 Å². The van der Waals surface area contributed by atoms with E-state index in [1.165, 1.54) is 12.0 Å². The van der Waals surface area contributed by atoms with E-state index in [0.717, 1.165) is 13.0 Å². The van der Waals surface area contributed by atoms with Gasteiger partial charge in [-0.25, -0.2) is 0 Å². The zero-order chi connectivity index (χ0) is 9.52. The van der Waals surface area contributed by atoms with Gasteiger partial charge in [-0.05, 0) is 18.4 Å². The quantitative estimate of drug-likeness (QED) is 0.545. The molecule has 72 valence electrons. The van der Waals surface area contributed by atoms with E-state index in [2.05, 4.69) is 35.8 Å². The topological polar surface area (TPSA) is 15.3 Å². The minimum Gasteiger partial charge on any atom is -0.256 e. The van der Waals surface area contributed by atoms with Crippen LogP contribution >= 0.6 is 0 Å². The molecule has 0 amide bonds. The van der Waals surface area contributed by atoms with Gasteiger partial charge in [-0.1, -0.05) is 30.3 Å². The number of nitrogens with zero attached hydrogens (tertiary/aromatic N) is 1. The minimum atomic E-state index is 1.04. The molecule has 0 aliphatic rings. The lowest BCUT2D eigenvalue weighted by Crippen LogP contribution is -2.31. The third-order valence-corrected chi connectivity index (χ3v) is 1.91. The van der Waals surface area contributed by atoms with E-state index in [9.17, 15) is 0 Å². The van der Waals surface area contributed by atoms with Crippen molar-refractivity contribution in [1.29, 1.82) is 0 Å². The maximum atomic E-state index is 3.25. The average molecular weight is 178 g/mol. The van der Waals surface area contributed by atoms with Crippen molar-refractivity contribution < 1.29 is 0 Å². The number of hydrogen-bond donors (Lipinski definition) is 1. The highest BCUT2D eigenvalue weighted by molar-refractivity contribution is 5.14. The van der Waals surface area contributed by atoms with Crippen LogP contribution in [0.25, 0.3) is 0 Å². The summed E-state index contributed by atoms with van der Waals surface area (Å²) in [6, 6.07) is 10.6. The molecule has 0 unspecified atom stereocenters. The van der Waals surface area contributed by atoms with Crippen LogP contribution in [0.4, 0.5) is 0 Å². The van der Waals surface area contributed by atoms with Crippen LogP contribution in [0, 0.1) is 0 Å². The second-order valence-electron chi connectivity index (χ2n) is 3.39. The molecule has 0 fully saturated rings. The first-order valence-corrected chi connectivity index (χ1v) is 4.74. The molecular weight excluding hydrogens is 160 g/mol. The molecule has 0 spiro atoms. The summed E-state index contributed by atoms with van der Waals surface area (Å²) in [7, 11) is 4.03. The average Bonchev–Trinajstić information content (AvgIpc) is 2.14. The largest absolute Gasteiger partial charge is 0.256 e. The summed E-state index contributed by atoms with van der Waals surface area (Å²) in [5.74, 6) is 0. The summed E-state index contributed by atoms with van der Waals surface area (Å²) < 4.78 is 0. The van der Waals surface area contributed by atoms with E-state index in [-0.39, 0.29) is 0 Å². The Bertz CT molecular complexity index is 219. The molecule has 0 aliphatic heterocycles. The number of benzene rings is 1. The van der Waals surface area contributed by atoms with Gasteiger partial charge in [0.05, 0.1) is 0 Å². The van der Waals surface area contributed by atoms with Crippen molar-refractivity contribution in [1.82, 2.24) is 10.4 Å². The molecule has 0 aromatic heterocycles. The first kappa shape index (κ1) is 10.2. The molecule has 1 aromatic rings.